The molecule has 1 amide bonds. The average Bonchev–Trinajstić information content (AvgIpc) is 3.35. The molecule has 10 heteroatoms. The van der Waals surface area contributed by atoms with Crippen LogP contribution in [0.4, 0.5) is 11.6 Å². The molecule has 1 saturated carbocycles. The van der Waals surface area contributed by atoms with Gasteiger partial charge in [-0.25, -0.2) is 9.97 Å². The summed E-state index contributed by atoms with van der Waals surface area (Å²) in [7, 11) is 3.71. The zero-order valence-corrected chi connectivity index (χ0v) is 19.9. The van der Waals surface area contributed by atoms with E-state index in [-0.39, 0.29) is 18.0 Å². The SMILES string of the molecule is Cn1nc(-c2ccnc(Nc3ccc4c(c3)c(Cl)cn4C)n2)cc1C(=O)N[C@H]1CCCC[C@H]1N. The molecular weight excluding hydrogens is 452 g/mol. The van der Waals surface area contributed by atoms with E-state index in [2.05, 4.69) is 25.7 Å². The third-order valence-electron chi connectivity index (χ3n) is 6.36. The fraction of sp³-hybridized carbons (Fsp3) is 0.333. The minimum Gasteiger partial charge on any atom is -0.349 e. The lowest BCUT2D eigenvalue weighted by atomic mass is 9.91. The molecule has 176 valence electrons. The number of halogens is 1. The molecule has 5 rings (SSSR count). The topological polar surface area (TPSA) is 116 Å². The summed E-state index contributed by atoms with van der Waals surface area (Å²) in [6, 6.07) is 9.40. The summed E-state index contributed by atoms with van der Waals surface area (Å²) in [4.78, 5) is 21.8. The fourth-order valence-corrected chi connectivity index (χ4v) is 4.80. The minimum absolute atomic E-state index is 0.00844. The van der Waals surface area contributed by atoms with Gasteiger partial charge >= 0.3 is 0 Å². The summed E-state index contributed by atoms with van der Waals surface area (Å²) in [6.07, 6.45) is 7.56. The molecule has 3 aromatic heterocycles. The standard InChI is InChI=1S/C24H27ClN8O/c1-32-13-16(25)15-11-14(7-8-21(15)32)28-24-27-10-9-19(30-24)20-12-22(33(2)31-20)23(34)29-18-6-4-3-5-17(18)26/h7-13,17-18H,3-6,26H2,1-2H3,(H,29,34)(H,27,28,30)/t17-,18+/m1/s1. The van der Waals surface area contributed by atoms with E-state index < -0.39 is 0 Å². The van der Waals surface area contributed by atoms with Gasteiger partial charge in [0, 0.05) is 55.2 Å². The normalized spacial score (nSPS) is 18.2. The van der Waals surface area contributed by atoms with Crippen LogP contribution in [0.25, 0.3) is 22.3 Å². The maximum absolute atomic E-state index is 12.9. The maximum atomic E-state index is 12.9. The van der Waals surface area contributed by atoms with Crippen LogP contribution in [-0.4, -0.2) is 42.3 Å². The number of amides is 1. The zero-order valence-electron chi connectivity index (χ0n) is 19.1. The van der Waals surface area contributed by atoms with Gasteiger partial charge in [-0.3, -0.25) is 9.48 Å². The monoisotopic (exact) mass is 478 g/mol. The van der Waals surface area contributed by atoms with E-state index in [9.17, 15) is 4.79 Å². The number of nitrogens with two attached hydrogens (primary N) is 1. The molecular formula is C24H27ClN8O. The number of aromatic nitrogens is 5. The molecule has 0 aliphatic heterocycles. The first-order valence-electron chi connectivity index (χ1n) is 11.3. The molecule has 34 heavy (non-hydrogen) atoms. The average molecular weight is 479 g/mol. The Hall–Kier alpha value is -3.43. The van der Waals surface area contributed by atoms with Crippen molar-refractivity contribution in [2.24, 2.45) is 19.8 Å². The number of carbonyl (C=O) groups excluding carboxylic acids is 1. The number of anilines is 2. The van der Waals surface area contributed by atoms with Crippen LogP contribution in [0.2, 0.25) is 5.02 Å². The van der Waals surface area contributed by atoms with Crippen molar-refractivity contribution >= 4 is 40.0 Å². The second-order valence-corrected chi connectivity index (χ2v) is 9.18. The van der Waals surface area contributed by atoms with Crippen LogP contribution in [0.3, 0.4) is 0 Å². The maximum Gasteiger partial charge on any atom is 0.269 e. The van der Waals surface area contributed by atoms with Crippen molar-refractivity contribution in [2.45, 2.75) is 37.8 Å². The van der Waals surface area contributed by atoms with Crippen LogP contribution in [0.5, 0.6) is 0 Å². The van der Waals surface area contributed by atoms with Gasteiger partial charge in [0.25, 0.3) is 5.91 Å². The van der Waals surface area contributed by atoms with Crippen molar-refractivity contribution in [1.82, 2.24) is 29.6 Å². The summed E-state index contributed by atoms with van der Waals surface area (Å²) < 4.78 is 3.55. The van der Waals surface area contributed by atoms with Gasteiger partial charge in [-0.1, -0.05) is 24.4 Å². The third-order valence-corrected chi connectivity index (χ3v) is 6.66. The number of nitrogens with zero attached hydrogens (tertiary/aromatic N) is 5. The van der Waals surface area contributed by atoms with Gasteiger partial charge in [-0.15, -0.1) is 0 Å². The van der Waals surface area contributed by atoms with E-state index in [1.165, 1.54) is 0 Å². The lowest BCUT2D eigenvalue weighted by Crippen LogP contribution is -2.49. The van der Waals surface area contributed by atoms with Gasteiger partial charge < -0.3 is 20.9 Å². The number of rotatable bonds is 5. The van der Waals surface area contributed by atoms with Crippen LogP contribution in [0.1, 0.15) is 36.2 Å². The van der Waals surface area contributed by atoms with Crippen molar-refractivity contribution in [3.8, 4) is 11.4 Å². The van der Waals surface area contributed by atoms with E-state index in [0.717, 1.165) is 42.3 Å². The Bertz CT molecular complexity index is 1360. The smallest absolute Gasteiger partial charge is 0.269 e. The van der Waals surface area contributed by atoms with Crippen molar-refractivity contribution in [3.05, 3.63) is 53.4 Å². The van der Waals surface area contributed by atoms with Crippen molar-refractivity contribution in [2.75, 3.05) is 5.32 Å². The predicted molar refractivity (Wildman–Crippen MR) is 133 cm³/mol. The number of hydrogen-bond donors (Lipinski definition) is 3. The largest absolute Gasteiger partial charge is 0.349 e. The first-order valence-corrected chi connectivity index (χ1v) is 11.7. The summed E-state index contributed by atoms with van der Waals surface area (Å²) in [5, 5.41) is 12.4. The summed E-state index contributed by atoms with van der Waals surface area (Å²) in [6.45, 7) is 0. The summed E-state index contributed by atoms with van der Waals surface area (Å²) in [5.74, 6) is 0.248. The van der Waals surface area contributed by atoms with Gasteiger partial charge in [-0.2, -0.15) is 5.10 Å². The Morgan fingerprint density at radius 2 is 1.97 bits per heavy atom. The fourth-order valence-electron chi connectivity index (χ4n) is 4.50. The highest BCUT2D eigenvalue weighted by Gasteiger charge is 2.25. The number of nitrogens with one attached hydrogen (secondary N) is 2. The van der Waals surface area contributed by atoms with Gasteiger partial charge in [0.1, 0.15) is 11.4 Å². The number of aryl methyl sites for hydroxylation is 2. The Balaban J connectivity index is 1.35. The molecule has 0 radical (unpaired) electrons. The van der Waals surface area contributed by atoms with Crippen LogP contribution < -0.4 is 16.4 Å². The Labute approximate surface area is 202 Å². The van der Waals surface area contributed by atoms with Crippen molar-refractivity contribution < 1.29 is 4.79 Å². The van der Waals surface area contributed by atoms with Gasteiger partial charge in [0.2, 0.25) is 5.95 Å². The quantitative estimate of drug-likeness (QED) is 0.402. The lowest BCUT2D eigenvalue weighted by Gasteiger charge is -2.29. The van der Waals surface area contributed by atoms with E-state index >= 15 is 0 Å². The molecule has 0 bridgehead atoms. The van der Waals surface area contributed by atoms with Crippen LogP contribution in [0, 0.1) is 0 Å². The molecule has 1 aliphatic carbocycles. The van der Waals surface area contributed by atoms with E-state index in [1.807, 2.05) is 36.0 Å². The Morgan fingerprint density at radius 3 is 2.79 bits per heavy atom. The highest BCUT2D eigenvalue weighted by atomic mass is 35.5. The van der Waals surface area contributed by atoms with Crippen LogP contribution >= 0.6 is 11.6 Å². The minimum atomic E-state index is -0.177. The first-order chi connectivity index (χ1) is 16.4. The number of hydrogen-bond acceptors (Lipinski definition) is 6. The third kappa shape index (κ3) is 4.36. The number of benzene rings is 1. The second-order valence-electron chi connectivity index (χ2n) is 8.78. The highest BCUT2D eigenvalue weighted by Crippen LogP contribution is 2.29. The molecule has 9 nitrogen and oxygen atoms in total. The van der Waals surface area contributed by atoms with Gasteiger partial charge in [0.15, 0.2) is 0 Å². The Kier molecular flexibility index (Phi) is 5.97. The van der Waals surface area contributed by atoms with Crippen molar-refractivity contribution in [1.29, 1.82) is 0 Å². The molecule has 1 aliphatic rings. The predicted octanol–water partition coefficient (Wildman–Crippen LogP) is 3.77. The summed E-state index contributed by atoms with van der Waals surface area (Å²) >= 11 is 6.34. The molecule has 0 unspecified atom stereocenters. The van der Waals surface area contributed by atoms with Crippen LogP contribution in [0.15, 0.2) is 42.7 Å². The molecule has 0 saturated heterocycles. The summed E-state index contributed by atoms with van der Waals surface area (Å²) in [5.41, 5.74) is 9.72. The molecule has 4 aromatic rings. The first kappa shape index (κ1) is 22.4. The van der Waals surface area contributed by atoms with Crippen molar-refractivity contribution in [3.63, 3.8) is 0 Å². The van der Waals surface area contributed by atoms with E-state index in [0.29, 0.717) is 28.1 Å². The number of carbonyl (C=O) groups is 1. The molecule has 1 aromatic carbocycles. The van der Waals surface area contributed by atoms with E-state index in [1.54, 1.807) is 30.1 Å². The van der Waals surface area contributed by atoms with Gasteiger partial charge in [0.05, 0.1) is 10.7 Å². The van der Waals surface area contributed by atoms with Crippen LogP contribution in [-0.2, 0) is 14.1 Å². The molecule has 4 N–H and O–H groups in total. The molecule has 3 heterocycles. The lowest BCUT2D eigenvalue weighted by molar-refractivity contribution is 0.0911. The number of fused-ring (bicyclic) bond motifs is 1. The Morgan fingerprint density at radius 1 is 1.15 bits per heavy atom. The van der Waals surface area contributed by atoms with E-state index in [4.69, 9.17) is 17.3 Å². The second kappa shape index (κ2) is 9.08. The van der Waals surface area contributed by atoms with Gasteiger partial charge in [-0.05, 0) is 43.2 Å². The molecule has 1 fully saturated rings. The highest BCUT2D eigenvalue weighted by molar-refractivity contribution is 6.35. The molecule has 2 atom stereocenters. The molecule has 0 spiro atoms. The zero-order chi connectivity index (χ0) is 23.8.